The Balaban J connectivity index is 1.45. The van der Waals surface area contributed by atoms with Gasteiger partial charge in [0.05, 0.1) is 19.6 Å². The van der Waals surface area contributed by atoms with Gasteiger partial charge in [-0.15, -0.1) is 0 Å². The van der Waals surface area contributed by atoms with E-state index in [1.165, 1.54) is 0 Å². The maximum absolute atomic E-state index is 13.3. The van der Waals surface area contributed by atoms with Crippen LogP contribution in [0.15, 0.2) is 36.4 Å². The van der Waals surface area contributed by atoms with Gasteiger partial charge < -0.3 is 19.7 Å². The summed E-state index contributed by atoms with van der Waals surface area (Å²) in [7, 11) is 1.60. The zero-order valence-corrected chi connectivity index (χ0v) is 19.6. The third-order valence-electron chi connectivity index (χ3n) is 6.66. The van der Waals surface area contributed by atoms with E-state index in [2.05, 4.69) is 5.32 Å². The second kappa shape index (κ2) is 9.32. The molecule has 2 heterocycles. The molecule has 2 aromatic carbocycles. The Labute approximate surface area is 198 Å². The van der Waals surface area contributed by atoms with Crippen molar-refractivity contribution in [3.63, 3.8) is 0 Å². The van der Waals surface area contributed by atoms with Crippen LogP contribution in [0.2, 0.25) is 0 Å². The van der Waals surface area contributed by atoms with Gasteiger partial charge in [-0.05, 0) is 61.2 Å². The van der Waals surface area contributed by atoms with E-state index in [9.17, 15) is 19.2 Å². The molecule has 1 N–H and O–H groups in total. The van der Waals surface area contributed by atoms with Gasteiger partial charge >= 0.3 is 12.0 Å². The number of carbonyl (C=O) groups is 4. The fraction of sp³-hybridized carbons (Fsp3) is 0.440. The van der Waals surface area contributed by atoms with Crippen molar-refractivity contribution in [2.75, 3.05) is 33.4 Å². The lowest BCUT2D eigenvalue weighted by Crippen LogP contribution is -2.47. The monoisotopic (exact) mass is 467 g/mol. The summed E-state index contributed by atoms with van der Waals surface area (Å²) in [5.74, 6) is -0.529. The van der Waals surface area contributed by atoms with Crippen LogP contribution in [0.1, 0.15) is 32.3 Å². The van der Waals surface area contributed by atoms with E-state index in [0.29, 0.717) is 38.1 Å². The number of hydrogen-bond donors (Lipinski definition) is 1. The minimum atomic E-state index is -1.28. The first-order valence-corrected chi connectivity index (χ1v) is 11.4. The van der Waals surface area contributed by atoms with Crippen molar-refractivity contribution in [2.45, 2.75) is 32.2 Å². The normalized spacial score (nSPS) is 21.0. The summed E-state index contributed by atoms with van der Waals surface area (Å²) in [6.07, 6.45) is 1.01. The highest BCUT2D eigenvalue weighted by molar-refractivity contribution is 6.09. The first-order chi connectivity index (χ1) is 16.3. The number of nitrogens with one attached hydrogen (secondary N) is 1. The molecule has 0 aliphatic carbocycles. The lowest BCUT2D eigenvalue weighted by atomic mass is 9.90. The van der Waals surface area contributed by atoms with E-state index >= 15 is 0 Å². The number of benzene rings is 2. The number of urea groups is 1. The minimum Gasteiger partial charge on any atom is -0.497 e. The Morgan fingerprint density at radius 2 is 1.76 bits per heavy atom. The molecule has 180 valence electrons. The summed E-state index contributed by atoms with van der Waals surface area (Å²) in [6.45, 7) is 4.17. The number of esters is 1. The molecule has 0 unspecified atom stereocenters. The molecule has 2 aliphatic rings. The van der Waals surface area contributed by atoms with Crippen LogP contribution < -0.4 is 10.1 Å². The number of piperidine rings is 1. The molecule has 34 heavy (non-hydrogen) atoms. The number of fused-ring (bicyclic) bond motifs is 1. The van der Waals surface area contributed by atoms with Crippen LogP contribution >= 0.6 is 0 Å². The summed E-state index contributed by atoms with van der Waals surface area (Å²) >= 11 is 0. The van der Waals surface area contributed by atoms with Crippen molar-refractivity contribution in [1.29, 1.82) is 0 Å². The maximum atomic E-state index is 13.3. The fourth-order valence-electron chi connectivity index (χ4n) is 4.56. The summed E-state index contributed by atoms with van der Waals surface area (Å²) in [4.78, 5) is 53.3. The number of carbonyl (C=O) groups excluding carboxylic acids is 4. The molecule has 2 fully saturated rings. The van der Waals surface area contributed by atoms with Crippen LogP contribution in [0.4, 0.5) is 4.79 Å². The highest BCUT2D eigenvalue weighted by Crippen LogP contribution is 2.32. The molecular formula is C25H29N3O6. The second-order valence-corrected chi connectivity index (χ2v) is 8.78. The smallest absolute Gasteiger partial charge is 0.325 e. The zero-order chi connectivity index (χ0) is 24.5. The first-order valence-electron chi connectivity index (χ1n) is 11.4. The van der Waals surface area contributed by atoms with Crippen molar-refractivity contribution in [3.8, 4) is 5.75 Å². The van der Waals surface area contributed by atoms with Gasteiger partial charge in [-0.1, -0.05) is 18.2 Å². The lowest BCUT2D eigenvalue weighted by Gasteiger charge is -2.31. The molecule has 2 saturated heterocycles. The van der Waals surface area contributed by atoms with E-state index in [4.69, 9.17) is 9.47 Å². The van der Waals surface area contributed by atoms with Crippen LogP contribution in [0.5, 0.6) is 5.75 Å². The number of nitrogens with zero attached hydrogens (tertiary/aromatic N) is 2. The highest BCUT2D eigenvalue weighted by Gasteiger charge is 2.50. The van der Waals surface area contributed by atoms with Gasteiger partial charge in [-0.2, -0.15) is 0 Å². The second-order valence-electron chi connectivity index (χ2n) is 8.78. The first kappa shape index (κ1) is 23.5. The Hall–Kier alpha value is -3.62. The number of amides is 4. The van der Waals surface area contributed by atoms with Gasteiger partial charge in [-0.3, -0.25) is 19.3 Å². The Morgan fingerprint density at radius 1 is 1.09 bits per heavy atom. The van der Waals surface area contributed by atoms with Gasteiger partial charge in [0.1, 0.15) is 17.8 Å². The van der Waals surface area contributed by atoms with E-state index < -0.39 is 17.5 Å². The third-order valence-corrected chi connectivity index (χ3v) is 6.66. The van der Waals surface area contributed by atoms with Gasteiger partial charge in [0.25, 0.3) is 5.91 Å². The predicted molar refractivity (Wildman–Crippen MR) is 124 cm³/mol. The van der Waals surface area contributed by atoms with Crippen LogP contribution in [0, 0.1) is 5.92 Å². The third kappa shape index (κ3) is 4.30. The number of imide groups is 1. The van der Waals surface area contributed by atoms with Crippen LogP contribution in [0.3, 0.4) is 0 Å². The summed E-state index contributed by atoms with van der Waals surface area (Å²) in [5, 5.41) is 4.61. The lowest BCUT2D eigenvalue weighted by molar-refractivity contribution is -0.151. The van der Waals surface area contributed by atoms with Gasteiger partial charge in [0.15, 0.2) is 0 Å². The molecule has 0 spiro atoms. The largest absolute Gasteiger partial charge is 0.497 e. The molecule has 4 rings (SSSR count). The fourth-order valence-corrected chi connectivity index (χ4v) is 4.56. The number of methoxy groups -OCH3 is 1. The average molecular weight is 468 g/mol. The van der Waals surface area contributed by atoms with Crippen molar-refractivity contribution < 1.29 is 28.7 Å². The molecule has 4 amide bonds. The van der Waals surface area contributed by atoms with Crippen molar-refractivity contribution in [1.82, 2.24) is 15.1 Å². The maximum Gasteiger partial charge on any atom is 0.325 e. The molecule has 2 aliphatic heterocycles. The van der Waals surface area contributed by atoms with Gasteiger partial charge in [-0.25, -0.2) is 4.79 Å². The molecule has 0 saturated carbocycles. The Bertz CT molecular complexity index is 1140. The van der Waals surface area contributed by atoms with Gasteiger partial charge in [0, 0.05) is 13.1 Å². The number of rotatable bonds is 6. The molecule has 9 nitrogen and oxygen atoms in total. The predicted octanol–water partition coefficient (Wildman–Crippen LogP) is 2.42. The average Bonchev–Trinajstić information content (AvgIpc) is 3.07. The number of ether oxygens (including phenoxy) is 2. The Kier molecular flexibility index (Phi) is 6.45. The van der Waals surface area contributed by atoms with Gasteiger partial charge in [0.2, 0.25) is 5.91 Å². The quantitative estimate of drug-likeness (QED) is 0.517. The van der Waals surface area contributed by atoms with Crippen LogP contribution in [0.25, 0.3) is 10.8 Å². The molecule has 2 aromatic rings. The van der Waals surface area contributed by atoms with E-state index in [1.54, 1.807) is 31.9 Å². The number of hydrogen-bond acceptors (Lipinski definition) is 6. The standard InChI is InChI=1S/C25H29N3O6/c1-4-34-22(30)16-9-11-27(12-10-16)21(29)15-28-23(31)25(2,26-24(28)32)19-7-5-18-14-20(33-3)8-6-17(18)13-19/h5-8,13-14,16H,4,9-12,15H2,1-3H3,(H,26,32)/t25-/m1/s1. The van der Waals surface area contributed by atoms with Crippen LogP contribution in [-0.4, -0.2) is 67.0 Å². The SMILES string of the molecule is CCOC(=O)C1CCN(C(=O)CN2C(=O)N[C@](C)(c3ccc4cc(OC)ccc4c3)C2=O)CC1. The zero-order valence-electron chi connectivity index (χ0n) is 19.6. The topological polar surface area (TPSA) is 105 Å². The molecule has 0 aromatic heterocycles. The molecule has 9 heteroatoms. The summed E-state index contributed by atoms with van der Waals surface area (Å²) in [5.41, 5.74) is -0.642. The summed E-state index contributed by atoms with van der Waals surface area (Å²) < 4.78 is 10.3. The highest BCUT2D eigenvalue weighted by atomic mass is 16.5. The van der Waals surface area contributed by atoms with Crippen molar-refractivity contribution in [2.24, 2.45) is 5.92 Å². The van der Waals surface area contributed by atoms with E-state index in [0.717, 1.165) is 21.4 Å². The Morgan fingerprint density at radius 3 is 2.44 bits per heavy atom. The molecule has 0 bridgehead atoms. The molecular weight excluding hydrogens is 438 g/mol. The molecule has 0 radical (unpaired) electrons. The van der Waals surface area contributed by atoms with Crippen molar-refractivity contribution in [3.05, 3.63) is 42.0 Å². The van der Waals surface area contributed by atoms with Crippen LogP contribution in [-0.2, 0) is 24.7 Å². The summed E-state index contributed by atoms with van der Waals surface area (Å²) in [6, 6.07) is 10.6. The van der Waals surface area contributed by atoms with E-state index in [-0.39, 0.29) is 24.3 Å². The van der Waals surface area contributed by atoms with E-state index in [1.807, 2.05) is 30.3 Å². The minimum absolute atomic E-state index is 0.225. The number of likely N-dealkylation sites (tertiary alicyclic amines) is 1. The molecule has 1 atom stereocenters. The van der Waals surface area contributed by atoms with Crippen molar-refractivity contribution >= 4 is 34.6 Å².